The third-order valence-corrected chi connectivity index (χ3v) is 22.7. The lowest BCUT2D eigenvalue weighted by Gasteiger charge is -2.49. The zero-order valence-electron chi connectivity index (χ0n) is 67.2. The Morgan fingerprint density at radius 1 is 0.312 bits per heavy atom. The van der Waals surface area contributed by atoms with E-state index in [1.165, 1.54) is 213 Å². The lowest BCUT2D eigenvalue weighted by Crippen LogP contribution is -2.38. The van der Waals surface area contributed by atoms with Gasteiger partial charge in [0, 0.05) is 0 Å². The summed E-state index contributed by atoms with van der Waals surface area (Å²) >= 11 is 0. The van der Waals surface area contributed by atoms with Crippen LogP contribution in [-0.4, -0.2) is 0 Å². The van der Waals surface area contributed by atoms with Gasteiger partial charge in [0.25, 0.3) is 0 Å². The maximum Gasteiger partial charge on any atom is -0.0195 e. The highest BCUT2D eigenvalue weighted by atomic mass is 14.5. The van der Waals surface area contributed by atoms with Crippen molar-refractivity contribution in [3.63, 3.8) is 0 Å². The standard InChI is InChI=1S/C22H38.C20H36.C18H32.C17H30.C16H28/c1-17(2)18(3)11-9-10-12-19(4)20-13-14-21(5,6)16-22(7,8)15-20;1-7-10-11-17(4)18-14-19(5,6)16-20(15-18,12-8-2)13-9-3;1-7-8-9-10-15(2)16-11-12-17(3,4)14-18(5,6)13-16;1-7-8-9-10-14(2)15-11-16(3,4)13-17(5,6)12-15;1-7-8-9-13(2)14-10-15(3,4)12-16(5,6)11-14/h20H,1,3-4,9-16H2,2,5-8H3;7,18H,1,4,8-16H2,2-3,5-6H3;7,16H,1-2,8-14H2,3-6H3;7,15H,1-2,8-13H2,3-6H3;7,14H,1-2,8-12H2,3-6H3. The predicted molar refractivity (Wildman–Crippen MR) is 427 cm³/mol. The molecule has 5 rings (SSSR count). The molecule has 0 aliphatic heterocycles. The van der Waals surface area contributed by atoms with Crippen LogP contribution in [0.4, 0.5) is 0 Å². The van der Waals surface area contributed by atoms with Crippen molar-refractivity contribution in [2.45, 2.75) is 370 Å². The summed E-state index contributed by atoms with van der Waals surface area (Å²) in [5.74, 6) is 3.65. The fourth-order valence-electron chi connectivity index (χ4n) is 20.3. The molecule has 0 heterocycles. The lowest BCUT2D eigenvalue weighted by molar-refractivity contribution is 0.0359. The molecule has 3 atom stereocenters. The van der Waals surface area contributed by atoms with Gasteiger partial charge in [-0.1, -0.05) is 261 Å². The van der Waals surface area contributed by atoms with Gasteiger partial charge in [-0.15, -0.1) is 26.3 Å². The van der Waals surface area contributed by atoms with Gasteiger partial charge >= 0.3 is 0 Å². The largest absolute Gasteiger partial charge is 0.103 e. The van der Waals surface area contributed by atoms with E-state index in [0.717, 1.165) is 80.1 Å². The molecule has 0 heteroatoms. The van der Waals surface area contributed by atoms with Gasteiger partial charge in [-0.3, -0.25) is 0 Å². The van der Waals surface area contributed by atoms with Crippen molar-refractivity contribution in [3.05, 3.63) is 136 Å². The smallest absolute Gasteiger partial charge is 0.0195 e. The van der Waals surface area contributed by atoms with Gasteiger partial charge in [0.15, 0.2) is 0 Å². The van der Waals surface area contributed by atoms with Gasteiger partial charge in [0.05, 0.1) is 0 Å². The second kappa shape index (κ2) is 39.7. The molecule has 0 aromatic carbocycles. The van der Waals surface area contributed by atoms with E-state index in [1.807, 2.05) is 24.3 Å². The molecule has 0 radical (unpaired) electrons. The normalized spacial score (nSPS) is 24.3. The van der Waals surface area contributed by atoms with E-state index in [2.05, 4.69) is 218 Å². The first-order valence-corrected chi connectivity index (χ1v) is 38.8. The zero-order valence-corrected chi connectivity index (χ0v) is 67.2. The predicted octanol–water partition coefficient (Wildman–Crippen LogP) is 31.7. The topological polar surface area (TPSA) is 0 Å². The van der Waals surface area contributed by atoms with Gasteiger partial charge in [-0.25, -0.2) is 0 Å². The SMILES string of the molecule is C=C(C)C(=C)CCCCC(=C)C1CCC(C)(C)CC(C)(C)C1.C=CCCC(=C)C1CC(C)(C)CC(C)(C)C1.C=CCCC(=C)C1CC(C)(C)CC(CCC)(CCC)C1.C=CCCCC(=C)C1CC(C)(C)CC(C)(C)C1.C=CCCCC(=C)C1CCC(C)(C)CC(C)(C)C1. The van der Waals surface area contributed by atoms with Crippen molar-refractivity contribution < 1.29 is 0 Å². The summed E-state index contributed by atoms with van der Waals surface area (Å²) in [5, 5.41) is 0. The molecule has 0 aromatic heterocycles. The first kappa shape index (κ1) is 88.2. The summed E-state index contributed by atoms with van der Waals surface area (Å²) in [7, 11) is 0. The Bertz CT molecular complexity index is 2300. The van der Waals surface area contributed by atoms with Gasteiger partial charge in [-0.05, 0) is 303 Å². The minimum absolute atomic E-state index is 0.446. The third kappa shape index (κ3) is 36.5. The number of hydrogen-bond donors (Lipinski definition) is 0. The van der Waals surface area contributed by atoms with E-state index in [4.69, 9.17) is 0 Å². The molecule has 93 heavy (non-hydrogen) atoms. The number of allylic oxidation sites excluding steroid dienone is 11. The van der Waals surface area contributed by atoms with Crippen LogP contribution < -0.4 is 0 Å². The van der Waals surface area contributed by atoms with Crippen LogP contribution in [0.5, 0.6) is 0 Å². The second-order valence-electron chi connectivity index (χ2n) is 39.5. The molecule has 0 bridgehead atoms. The Morgan fingerprint density at radius 3 is 0.882 bits per heavy atom. The van der Waals surface area contributed by atoms with Crippen molar-refractivity contribution in [3.8, 4) is 0 Å². The summed E-state index contributed by atoms with van der Waals surface area (Å²) in [6, 6.07) is 0. The third-order valence-electron chi connectivity index (χ3n) is 22.7. The molecule has 0 nitrogen and oxygen atoms in total. The maximum absolute atomic E-state index is 4.45. The van der Waals surface area contributed by atoms with E-state index in [9.17, 15) is 0 Å². The first-order valence-electron chi connectivity index (χ1n) is 38.8. The molecule has 0 aromatic rings. The second-order valence-corrected chi connectivity index (χ2v) is 39.5. The Balaban J connectivity index is 0.000000584. The summed E-state index contributed by atoms with van der Waals surface area (Å²) < 4.78 is 0. The van der Waals surface area contributed by atoms with Gasteiger partial charge in [0.1, 0.15) is 0 Å². The quantitative estimate of drug-likeness (QED) is 0.0303. The molecule has 0 saturated heterocycles. The van der Waals surface area contributed by atoms with E-state index >= 15 is 0 Å². The molecule has 5 saturated carbocycles. The molecule has 0 amide bonds. The molecule has 5 aliphatic rings. The summed E-state index contributed by atoms with van der Waals surface area (Å²) in [4.78, 5) is 0. The van der Waals surface area contributed by atoms with Gasteiger partial charge in [-0.2, -0.15) is 0 Å². The molecule has 5 fully saturated rings. The molecule has 0 spiro atoms. The van der Waals surface area contributed by atoms with Gasteiger partial charge < -0.3 is 0 Å². The summed E-state index contributed by atoms with van der Waals surface area (Å²) in [6.07, 6.45) is 52.5. The van der Waals surface area contributed by atoms with Crippen LogP contribution in [0.15, 0.2) is 136 Å². The number of rotatable bonds is 29. The highest BCUT2D eigenvalue weighted by molar-refractivity contribution is 5.22. The van der Waals surface area contributed by atoms with Crippen LogP contribution in [0.25, 0.3) is 0 Å². The monoisotopic (exact) mass is 1280 g/mol. The molecule has 0 N–H and O–H groups in total. The molecule has 3 unspecified atom stereocenters. The first-order chi connectivity index (χ1) is 42.7. The summed E-state index contributed by atoms with van der Waals surface area (Å²) in [5.41, 5.74) is 14.6. The minimum Gasteiger partial charge on any atom is -0.103 e. The van der Waals surface area contributed by atoms with E-state index in [1.54, 1.807) is 0 Å². The van der Waals surface area contributed by atoms with E-state index < -0.39 is 0 Å². The van der Waals surface area contributed by atoms with Crippen LogP contribution in [0.3, 0.4) is 0 Å². The Labute approximate surface area is 586 Å². The fourth-order valence-corrected chi connectivity index (χ4v) is 20.3. The molecule has 536 valence electrons. The zero-order chi connectivity index (χ0) is 71.5. The average molecular weight is 1280 g/mol. The number of unbranched alkanes of at least 4 members (excludes halogenated alkanes) is 3. The van der Waals surface area contributed by atoms with Crippen LogP contribution in [0, 0.1) is 83.7 Å². The van der Waals surface area contributed by atoms with Crippen LogP contribution in [0.2, 0.25) is 0 Å². The van der Waals surface area contributed by atoms with Crippen molar-refractivity contribution in [1.82, 2.24) is 0 Å². The van der Waals surface area contributed by atoms with Crippen LogP contribution in [-0.2, 0) is 0 Å². The van der Waals surface area contributed by atoms with Crippen molar-refractivity contribution >= 4 is 0 Å². The van der Waals surface area contributed by atoms with Crippen molar-refractivity contribution in [2.24, 2.45) is 83.7 Å². The maximum atomic E-state index is 4.45. The molecule has 5 aliphatic carbocycles. The lowest BCUT2D eigenvalue weighted by atomic mass is 9.56. The Hall–Kier alpha value is -2.86. The van der Waals surface area contributed by atoms with Crippen molar-refractivity contribution in [1.29, 1.82) is 0 Å². The highest BCUT2D eigenvalue weighted by Crippen LogP contribution is 2.56. The van der Waals surface area contributed by atoms with Crippen molar-refractivity contribution in [2.75, 3.05) is 0 Å². The highest BCUT2D eigenvalue weighted by Gasteiger charge is 2.44. The fraction of sp³-hybridized carbons (Fsp3) is 0.763. The van der Waals surface area contributed by atoms with Crippen LogP contribution in [0.1, 0.15) is 370 Å². The van der Waals surface area contributed by atoms with E-state index in [0.29, 0.717) is 54.1 Å². The van der Waals surface area contributed by atoms with Crippen LogP contribution >= 0.6 is 0 Å². The molecular weight excluding hydrogens is 1120 g/mol. The summed E-state index contributed by atoms with van der Waals surface area (Å²) in [6.45, 7) is 95.6. The number of hydrogen-bond acceptors (Lipinski definition) is 0. The average Bonchev–Trinajstić information content (AvgIpc) is 1.65. The Kier molecular flexibility index (Phi) is 37.6. The molecular formula is C93H164. The Morgan fingerprint density at radius 2 is 0.570 bits per heavy atom. The minimum atomic E-state index is 0.446. The van der Waals surface area contributed by atoms with Gasteiger partial charge in [0.2, 0.25) is 0 Å². The van der Waals surface area contributed by atoms with E-state index in [-0.39, 0.29) is 0 Å².